The maximum atomic E-state index is 5.23. The van der Waals surface area contributed by atoms with E-state index in [0.717, 1.165) is 33.9 Å². The second-order valence-electron chi connectivity index (χ2n) is 6.88. The van der Waals surface area contributed by atoms with Gasteiger partial charge in [-0.3, -0.25) is 0 Å². The molecule has 1 N–H and O–H groups in total. The van der Waals surface area contributed by atoms with E-state index < -0.39 is 0 Å². The summed E-state index contributed by atoms with van der Waals surface area (Å²) in [7, 11) is 1.67. The molecule has 0 saturated heterocycles. The Balaban J connectivity index is 1.73. The van der Waals surface area contributed by atoms with E-state index in [2.05, 4.69) is 28.7 Å². The van der Waals surface area contributed by atoms with Crippen molar-refractivity contribution >= 4 is 17.0 Å². The van der Waals surface area contributed by atoms with Crippen molar-refractivity contribution in [1.82, 2.24) is 19.5 Å². The van der Waals surface area contributed by atoms with Crippen LogP contribution in [-0.2, 0) is 6.54 Å². The maximum absolute atomic E-state index is 5.23. The number of methoxy groups -OCH3 is 1. The van der Waals surface area contributed by atoms with Gasteiger partial charge in [-0.2, -0.15) is 0 Å². The fourth-order valence-corrected chi connectivity index (χ4v) is 3.06. The van der Waals surface area contributed by atoms with E-state index in [9.17, 15) is 0 Å². The Kier molecular flexibility index (Phi) is 4.93. The Labute approximate surface area is 164 Å². The fourth-order valence-electron chi connectivity index (χ4n) is 3.06. The van der Waals surface area contributed by atoms with E-state index in [1.165, 1.54) is 0 Å². The van der Waals surface area contributed by atoms with Gasteiger partial charge in [-0.15, -0.1) is 0 Å². The number of imidazole rings is 1. The molecule has 4 aromatic rings. The average molecular weight is 373 g/mol. The summed E-state index contributed by atoms with van der Waals surface area (Å²) in [6.07, 6.45) is 1.83. The minimum atomic E-state index is 0.262. The molecular weight excluding hydrogens is 350 g/mol. The van der Waals surface area contributed by atoms with Crippen molar-refractivity contribution in [2.24, 2.45) is 0 Å². The lowest BCUT2D eigenvalue weighted by Gasteiger charge is -2.11. The number of hydrogen-bond donors (Lipinski definition) is 1. The molecule has 2 aromatic heterocycles. The Morgan fingerprint density at radius 2 is 1.75 bits per heavy atom. The highest BCUT2D eigenvalue weighted by atomic mass is 16.5. The number of rotatable bonds is 6. The summed E-state index contributed by atoms with van der Waals surface area (Å²) in [5.41, 5.74) is 3.73. The zero-order chi connectivity index (χ0) is 19.5. The normalized spacial score (nSPS) is 11.1. The van der Waals surface area contributed by atoms with Gasteiger partial charge in [-0.05, 0) is 31.5 Å². The van der Waals surface area contributed by atoms with Crippen LogP contribution in [0.4, 0.5) is 5.82 Å². The maximum Gasteiger partial charge on any atom is 0.166 e. The molecule has 0 radical (unpaired) electrons. The topological polar surface area (TPSA) is 64.9 Å². The largest absolute Gasteiger partial charge is 0.497 e. The van der Waals surface area contributed by atoms with Gasteiger partial charge in [-0.25, -0.2) is 15.0 Å². The van der Waals surface area contributed by atoms with Crippen molar-refractivity contribution in [3.8, 4) is 17.1 Å². The molecule has 0 unspecified atom stereocenters. The monoisotopic (exact) mass is 373 g/mol. The molecule has 4 rings (SSSR count). The number of benzene rings is 2. The lowest BCUT2D eigenvalue weighted by molar-refractivity contribution is 0.414. The van der Waals surface area contributed by atoms with Gasteiger partial charge in [0.1, 0.15) is 11.3 Å². The third-order valence-electron chi connectivity index (χ3n) is 4.63. The molecule has 0 bridgehead atoms. The lowest BCUT2D eigenvalue weighted by atomic mass is 10.2. The average Bonchev–Trinajstić information content (AvgIpc) is 3.17. The van der Waals surface area contributed by atoms with E-state index in [-0.39, 0.29) is 6.04 Å². The van der Waals surface area contributed by atoms with Crippen molar-refractivity contribution < 1.29 is 4.74 Å². The molecule has 0 aliphatic carbocycles. The molecule has 2 heterocycles. The first-order valence-electron chi connectivity index (χ1n) is 9.32. The van der Waals surface area contributed by atoms with Gasteiger partial charge in [0.15, 0.2) is 17.3 Å². The molecule has 28 heavy (non-hydrogen) atoms. The van der Waals surface area contributed by atoms with Crippen LogP contribution < -0.4 is 10.1 Å². The van der Waals surface area contributed by atoms with Crippen molar-refractivity contribution in [3.63, 3.8) is 0 Å². The van der Waals surface area contributed by atoms with E-state index in [1.807, 2.05) is 60.9 Å². The predicted molar refractivity (Wildman–Crippen MR) is 111 cm³/mol. The number of aromatic nitrogens is 4. The van der Waals surface area contributed by atoms with Crippen molar-refractivity contribution in [3.05, 3.63) is 66.5 Å². The molecule has 0 aliphatic rings. The summed E-state index contributed by atoms with van der Waals surface area (Å²) < 4.78 is 7.30. The molecule has 0 aliphatic heterocycles. The van der Waals surface area contributed by atoms with Gasteiger partial charge >= 0.3 is 0 Å². The van der Waals surface area contributed by atoms with Crippen molar-refractivity contribution in [2.45, 2.75) is 26.4 Å². The molecule has 0 atom stereocenters. The SMILES string of the molecule is COc1ccc(CNc2nc(-c3ccccc3)nc3c2ncn3C(C)C)cc1. The number of ether oxygens (including phenoxy) is 1. The molecular formula is C22H23N5O. The minimum Gasteiger partial charge on any atom is -0.497 e. The molecule has 2 aromatic carbocycles. The van der Waals surface area contributed by atoms with Gasteiger partial charge in [0, 0.05) is 18.2 Å². The van der Waals surface area contributed by atoms with Gasteiger partial charge in [0.2, 0.25) is 0 Å². The predicted octanol–water partition coefficient (Wildman–Crippen LogP) is 4.69. The standard InChI is InChI=1S/C22H23N5O/c1-15(2)27-14-24-19-21(23-13-16-9-11-18(28-3)12-10-16)25-20(26-22(19)27)17-7-5-4-6-8-17/h4-12,14-15H,13H2,1-3H3,(H,23,25,26). The molecule has 6 heteroatoms. The second kappa shape index (κ2) is 7.68. The van der Waals surface area contributed by atoms with Crippen LogP contribution in [-0.4, -0.2) is 26.6 Å². The number of hydrogen-bond acceptors (Lipinski definition) is 5. The van der Waals surface area contributed by atoms with E-state index in [4.69, 9.17) is 14.7 Å². The molecule has 0 amide bonds. The highest BCUT2D eigenvalue weighted by molar-refractivity contribution is 5.85. The fraction of sp³-hybridized carbons (Fsp3) is 0.227. The number of nitrogens with zero attached hydrogens (tertiary/aromatic N) is 4. The van der Waals surface area contributed by atoms with Crippen LogP contribution in [0.25, 0.3) is 22.6 Å². The highest BCUT2D eigenvalue weighted by Crippen LogP contribution is 2.26. The smallest absolute Gasteiger partial charge is 0.166 e. The molecule has 0 spiro atoms. The Bertz CT molecular complexity index is 1070. The van der Waals surface area contributed by atoms with E-state index in [0.29, 0.717) is 12.4 Å². The van der Waals surface area contributed by atoms with Gasteiger partial charge in [0.25, 0.3) is 0 Å². The van der Waals surface area contributed by atoms with Gasteiger partial charge < -0.3 is 14.6 Å². The van der Waals surface area contributed by atoms with Crippen LogP contribution in [0.2, 0.25) is 0 Å². The summed E-state index contributed by atoms with van der Waals surface area (Å²) in [6, 6.07) is 18.3. The van der Waals surface area contributed by atoms with Crippen LogP contribution >= 0.6 is 0 Å². The van der Waals surface area contributed by atoms with E-state index >= 15 is 0 Å². The first-order chi connectivity index (χ1) is 13.7. The van der Waals surface area contributed by atoms with Crippen LogP contribution in [0.15, 0.2) is 60.9 Å². The second-order valence-corrected chi connectivity index (χ2v) is 6.88. The number of anilines is 1. The summed E-state index contributed by atoms with van der Waals surface area (Å²) in [6.45, 7) is 4.88. The lowest BCUT2D eigenvalue weighted by Crippen LogP contribution is -2.06. The van der Waals surface area contributed by atoms with Crippen LogP contribution in [0, 0.1) is 0 Å². The van der Waals surface area contributed by atoms with E-state index in [1.54, 1.807) is 7.11 Å². The first-order valence-corrected chi connectivity index (χ1v) is 9.32. The number of nitrogens with one attached hydrogen (secondary N) is 1. The van der Waals surface area contributed by atoms with Crippen LogP contribution in [0.1, 0.15) is 25.5 Å². The molecule has 0 saturated carbocycles. The third-order valence-corrected chi connectivity index (χ3v) is 4.63. The molecule has 0 fully saturated rings. The van der Waals surface area contributed by atoms with Crippen LogP contribution in [0.3, 0.4) is 0 Å². The Morgan fingerprint density at radius 1 is 1.00 bits per heavy atom. The summed E-state index contributed by atoms with van der Waals surface area (Å²) >= 11 is 0. The zero-order valence-corrected chi connectivity index (χ0v) is 16.3. The van der Waals surface area contributed by atoms with Gasteiger partial charge in [-0.1, -0.05) is 42.5 Å². The summed E-state index contributed by atoms with van der Waals surface area (Å²) in [5, 5.41) is 3.44. The minimum absolute atomic E-state index is 0.262. The Hall–Kier alpha value is -3.41. The van der Waals surface area contributed by atoms with Crippen molar-refractivity contribution in [1.29, 1.82) is 0 Å². The summed E-state index contributed by atoms with van der Waals surface area (Å²) in [5.74, 6) is 2.27. The zero-order valence-electron chi connectivity index (χ0n) is 16.3. The molecule has 6 nitrogen and oxygen atoms in total. The Morgan fingerprint density at radius 3 is 2.43 bits per heavy atom. The highest BCUT2D eigenvalue weighted by Gasteiger charge is 2.15. The van der Waals surface area contributed by atoms with Crippen LogP contribution in [0.5, 0.6) is 5.75 Å². The summed E-state index contributed by atoms with van der Waals surface area (Å²) in [4.78, 5) is 14.1. The molecule has 142 valence electrons. The number of fused-ring (bicyclic) bond motifs is 1. The first kappa shape index (κ1) is 18.0. The quantitative estimate of drug-likeness (QED) is 0.531. The third kappa shape index (κ3) is 3.53. The van der Waals surface area contributed by atoms with Crippen molar-refractivity contribution in [2.75, 3.05) is 12.4 Å². The van der Waals surface area contributed by atoms with Gasteiger partial charge in [0.05, 0.1) is 13.4 Å².